The quantitative estimate of drug-likeness (QED) is 0.416. The second-order valence-electron chi connectivity index (χ2n) is 1.35. The Morgan fingerprint density at radius 2 is 2.50 bits per heavy atom. The number of carbonyl (C=O) groups is 1. The summed E-state index contributed by atoms with van der Waals surface area (Å²) in [6, 6.07) is -0.231. The Labute approximate surface area is 34.9 Å². The van der Waals surface area contributed by atoms with Gasteiger partial charge in [0.15, 0.2) is 5.78 Å². The summed E-state index contributed by atoms with van der Waals surface area (Å²) in [7, 11) is 0. The van der Waals surface area contributed by atoms with E-state index in [0.29, 0.717) is 6.42 Å². The number of hydrogen-bond acceptors (Lipinski definition) is 3. The summed E-state index contributed by atoms with van der Waals surface area (Å²) in [5.41, 5.74) is 1.84. The first-order chi connectivity index (χ1) is 2.84. The zero-order valence-electron chi connectivity index (χ0n) is 3.14. The SMILES string of the molecule is O=C1CC1NO. The van der Waals surface area contributed by atoms with Gasteiger partial charge in [0.2, 0.25) is 0 Å². The highest BCUT2D eigenvalue weighted by Gasteiger charge is 2.33. The molecule has 2 N–H and O–H groups in total. The lowest BCUT2D eigenvalue weighted by molar-refractivity contribution is -0.111. The van der Waals surface area contributed by atoms with Crippen LogP contribution in [-0.2, 0) is 4.79 Å². The molecule has 1 saturated carbocycles. The predicted octanol–water partition coefficient (Wildman–Crippen LogP) is -0.693. The van der Waals surface area contributed by atoms with Crippen LogP contribution >= 0.6 is 0 Å². The van der Waals surface area contributed by atoms with E-state index in [1.54, 1.807) is 0 Å². The fourth-order valence-corrected chi connectivity index (χ4v) is 0.260. The van der Waals surface area contributed by atoms with Gasteiger partial charge in [0.1, 0.15) is 0 Å². The molecule has 1 aliphatic rings. The third-order valence-electron chi connectivity index (χ3n) is 0.790. The van der Waals surface area contributed by atoms with Crippen molar-refractivity contribution in [2.45, 2.75) is 12.5 Å². The third kappa shape index (κ3) is 0.418. The van der Waals surface area contributed by atoms with Crippen molar-refractivity contribution in [3.63, 3.8) is 0 Å². The van der Waals surface area contributed by atoms with Crippen molar-refractivity contribution in [1.29, 1.82) is 0 Å². The van der Waals surface area contributed by atoms with Crippen LogP contribution in [0.25, 0.3) is 0 Å². The average Bonchev–Trinajstić information content (AvgIpc) is 2.19. The minimum absolute atomic E-state index is 0.0949. The molecule has 0 aliphatic heterocycles. The van der Waals surface area contributed by atoms with Gasteiger partial charge >= 0.3 is 0 Å². The van der Waals surface area contributed by atoms with E-state index in [0.717, 1.165) is 0 Å². The number of nitrogens with one attached hydrogen (secondary N) is 1. The van der Waals surface area contributed by atoms with Crippen LogP contribution in [0.5, 0.6) is 0 Å². The highest BCUT2D eigenvalue weighted by atomic mass is 16.5. The van der Waals surface area contributed by atoms with Crippen LogP contribution in [0, 0.1) is 0 Å². The maximum Gasteiger partial charge on any atom is 0.154 e. The molecule has 3 nitrogen and oxygen atoms in total. The number of Topliss-reactive ketones (excluding diaryl/α,β-unsaturated/α-hetero) is 1. The molecule has 0 spiro atoms. The van der Waals surface area contributed by atoms with Crippen LogP contribution in [0.4, 0.5) is 0 Å². The highest BCUT2D eigenvalue weighted by Crippen LogP contribution is 2.11. The normalized spacial score (nSPS) is 30.8. The van der Waals surface area contributed by atoms with Crippen molar-refractivity contribution in [3.8, 4) is 0 Å². The van der Waals surface area contributed by atoms with Gasteiger partial charge in [-0.25, -0.2) is 0 Å². The molecule has 6 heavy (non-hydrogen) atoms. The lowest BCUT2D eigenvalue weighted by Crippen LogP contribution is -2.11. The smallest absolute Gasteiger partial charge is 0.154 e. The van der Waals surface area contributed by atoms with Crippen molar-refractivity contribution in [3.05, 3.63) is 0 Å². The fraction of sp³-hybridized carbons (Fsp3) is 0.667. The molecular weight excluding hydrogens is 82.0 g/mol. The second-order valence-corrected chi connectivity index (χ2v) is 1.35. The Balaban J connectivity index is 2.26. The standard InChI is InChI=1S/C3H5NO2/c5-3-1-2(3)4-6/h2,4,6H,1H2. The van der Waals surface area contributed by atoms with Crippen LogP contribution in [-0.4, -0.2) is 17.0 Å². The van der Waals surface area contributed by atoms with Crippen molar-refractivity contribution in [2.75, 3.05) is 0 Å². The summed E-state index contributed by atoms with van der Waals surface area (Å²) >= 11 is 0. The molecule has 1 fully saturated rings. The molecule has 0 aromatic carbocycles. The van der Waals surface area contributed by atoms with E-state index in [1.165, 1.54) is 0 Å². The molecule has 1 atom stereocenters. The largest absolute Gasteiger partial charge is 0.316 e. The molecule has 0 aromatic heterocycles. The monoisotopic (exact) mass is 87.0 g/mol. The van der Waals surface area contributed by atoms with Crippen LogP contribution in [0.15, 0.2) is 0 Å². The number of carbonyl (C=O) groups excluding carboxylic acids is 1. The van der Waals surface area contributed by atoms with Crippen molar-refractivity contribution < 1.29 is 10.0 Å². The minimum atomic E-state index is -0.231. The number of ketones is 1. The molecule has 1 aliphatic carbocycles. The van der Waals surface area contributed by atoms with Gasteiger partial charge in [0, 0.05) is 6.42 Å². The highest BCUT2D eigenvalue weighted by molar-refractivity contribution is 5.99. The first kappa shape index (κ1) is 3.77. The summed E-state index contributed by atoms with van der Waals surface area (Å²) < 4.78 is 0. The van der Waals surface area contributed by atoms with Gasteiger partial charge in [-0.2, -0.15) is 5.48 Å². The van der Waals surface area contributed by atoms with Crippen LogP contribution in [0.3, 0.4) is 0 Å². The Kier molecular flexibility index (Phi) is 0.645. The third-order valence-corrected chi connectivity index (χ3v) is 0.790. The fourth-order valence-electron chi connectivity index (χ4n) is 0.260. The maximum atomic E-state index is 9.90. The van der Waals surface area contributed by atoms with E-state index in [9.17, 15) is 4.79 Å². The molecule has 0 bridgehead atoms. The van der Waals surface area contributed by atoms with Gasteiger partial charge in [-0.1, -0.05) is 0 Å². The summed E-state index contributed by atoms with van der Waals surface area (Å²) in [5.74, 6) is 0.0949. The van der Waals surface area contributed by atoms with E-state index in [-0.39, 0.29) is 11.8 Å². The molecule has 0 saturated heterocycles. The van der Waals surface area contributed by atoms with E-state index in [2.05, 4.69) is 0 Å². The Morgan fingerprint density at radius 1 is 2.00 bits per heavy atom. The van der Waals surface area contributed by atoms with Crippen molar-refractivity contribution in [2.24, 2.45) is 0 Å². The number of hydroxylamine groups is 1. The summed E-state index contributed by atoms with van der Waals surface area (Å²) in [5, 5.41) is 7.91. The molecule has 0 heterocycles. The first-order valence-electron chi connectivity index (χ1n) is 1.77. The average molecular weight is 87.1 g/mol. The van der Waals surface area contributed by atoms with Gasteiger partial charge in [-0.3, -0.25) is 4.79 Å². The van der Waals surface area contributed by atoms with Crippen molar-refractivity contribution in [1.82, 2.24) is 5.48 Å². The molecule has 0 radical (unpaired) electrons. The summed E-state index contributed by atoms with van der Waals surface area (Å²) in [4.78, 5) is 9.90. The molecule has 1 rings (SSSR count). The lowest BCUT2D eigenvalue weighted by atomic mass is 10.8. The molecule has 0 amide bonds. The molecule has 1 unspecified atom stereocenters. The number of hydrogen-bond donors (Lipinski definition) is 2. The Morgan fingerprint density at radius 3 is 2.50 bits per heavy atom. The van der Waals surface area contributed by atoms with Gasteiger partial charge < -0.3 is 5.21 Å². The van der Waals surface area contributed by atoms with E-state index >= 15 is 0 Å². The van der Waals surface area contributed by atoms with Gasteiger partial charge in [-0.15, -0.1) is 0 Å². The number of rotatable bonds is 1. The van der Waals surface area contributed by atoms with E-state index in [1.807, 2.05) is 5.48 Å². The zero-order chi connectivity index (χ0) is 4.57. The second kappa shape index (κ2) is 1.03. The topological polar surface area (TPSA) is 49.3 Å². The molecule has 0 aromatic rings. The van der Waals surface area contributed by atoms with Crippen LogP contribution in [0.1, 0.15) is 6.42 Å². The lowest BCUT2D eigenvalue weighted by Gasteiger charge is -1.77. The van der Waals surface area contributed by atoms with Crippen molar-refractivity contribution >= 4 is 5.78 Å². The predicted molar refractivity (Wildman–Crippen MR) is 18.3 cm³/mol. The summed E-state index contributed by atoms with van der Waals surface area (Å²) in [6.07, 6.45) is 0.497. The Hall–Kier alpha value is -0.410. The van der Waals surface area contributed by atoms with Gasteiger partial charge in [0.05, 0.1) is 6.04 Å². The molecule has 34 valence electrons. The minimum Gasteiger partial charge on any atom is -0.316 e. The molecule has 3 heteroatoms. The maximum absolute atomic E-state index is 9.90. The molecular formula is C3H5NO2. The van der Waals surface area contributed by atoms with Crippen LogP contribution < -0.4 is 5.48 Å². The first-order valence-corrected chi connectivity index (χ1v) is 1.77. The summed E-state index contributed by atoms with van der Waals surface area (Å²) in [6.45, 7) is 0. The Bertz CT molecular complexity index is 80.9. The van der Waals surface area contributed by atoms with E-state index in [4.69, 9.17) is 5.21 Å². The van der Waals surface area contributed by atoms with Gasteiger partial charge in [0.25, 0.3) is 0 Å². The van der Waals surface area contributed by atoms with Crippen LogP contribution in [0.2, 0.25) is 0 Å². The van der Waals surface area contributed by atoms with E-state index < -0.39 is 0 Å². The zero-order valence-corrected chi connectivity index (χ0v) is 3.14. The van der Waals surface area contributed by atoms with Gasteiger partial charge in [-0.05, 0) is 0 Å².